The van der Waals surface area contributed by atoms with Gasteiger partial charge in [0.05, 0.1) is 13.1 Å². The van der Waals surface area contributed by atoms with Crippen molar-refractivity contribution in [3.8, 4) is 0 Å². The first kappa shape index (κ1) is 25.6. The monoisotopic (exact) mass is 435 g/mol. The first-order chi connectivity index (χ1) is 14.5. The molecule has 11 heteroatoms. The Morgan fingerprint density at radius 1 is 0.935 bits per heavy atom. The molecule has 1 aromatic carbocycles. The Kier molecular flexibility index (Phi) is 10.1. The van der Waals surface area contributed by atoms with Gasteiger partial charge in [0.25, 0.3) is 0 Å². The van der Waals surface area contributed by atoms with E-state index in [0.717, 1.165) is 5.56 Å². The van der Waals surface area contributed by atoms with Crippen molar-refractivity contribution in [1.29, 1.82) is 0 Å². The summed E-state index contributed by atoms with van der Waals surface area (Å²) in [5.41, 5.74) is 5.25. The van der Waals surface area contributed by atoms with Gasteiger partial charge in [-0.15, -0.1) is 0 Å². The highest BCUT2D eigenvalue weighted by molar-refractivity contribution is 6.00. The number of nitrogens with one attached hydrogen (secondary N) is 4. The van der Waals surface area contributed by atoms with Crippen molar-refractivity contribution in [2.75, 3.05) is 19.6 Å². The number of alkyl carbamates (subject to hydrolysis) is 1. The fourth-order valence-corrected chi connectivity index (χ4v) is 2.29. The van der Waals surface area contributed by atoms with Gasteiger partial charge in [-0.2, -0.15) is 0 Å². The van der Waals surface area contributed by atoms with Crippen LogP contribution < -0.4 is 27.0 Å². The molecule has 0 spiro atoms. The topological polar surface area (TPSA) is 169 Å². The van der Waals surface area contributed by atoms with Crippen molar-refractivity contribution in [1.82, 2.24) is 21.3 Å². The molecule has 1 aromatic rings. The van der Waals surface area contributed by atoms with E-state index in [-0.39, 0.29) is 19.5 Å². The summed E-state index contributed by atoms with van der Waals surface area (Å²) in [6.07, 6.45) is -0.638. The minimum absolute atomic E-state index is 0.129. The maximum Gasteiger partial charge on any atom is 0.408 e. The van der Waals surface area contributed by atoms with E-state index in [1.165, 1.54) is 0 Å². The first-order valence-corrected chi connectivity index (χ1v) is 9.60. The van der Waals surface area contributed by atoms with Gasteiger partial charge in [-0.1, -0.05) is 30.3 Å². The second-order valence-electron chi connectivity index (χ2n) is 7.56. The molecule has 0 bridgehead atoms. The maximum absolute atomic E-state index is 12.3. The average Bonchev–Trinajstić information content (AvgIpc) is 2.69. The molecule has 0 unspecified atom stereocenters. The van der Waals surface area contributed by atoms with Crippen LogP contribution in [0.2, 0.25) is 0 Å². The lowest BCUT2D eigenvalue weighted by Gasteiger charge is -2.19. The fourth-order valence-electron chi connectivity index (χ4n) is 2.29. The zero-order valence-electron chi connectivity index (χ0n) is 17.8. The number of hydrogen-bond donors (Lipinski definition) is 5. The quantitative estimate of drug-likeness (QED) is 0.330. The summed E-state index contributed by atoms with van der Waals surface area (Å²) in [5, 5.41) is 9.17. The largest absolute Gasteiger partial charge is 0.444 e. The normalized spacial score (nSPS) is 11.6. The zero-order chi connectivity index (χ0) is 23.4. The van der Waals surface area contributed by atoms with Gasteiger partial charge >= 0.3 is 6.09 Å². The predicted octanol–water partition coefficient (Wildman–Crippen LogP) is -1.04. The SMILES string of the molecule is CC(C)(C)OC(=O)NCC(=O)NCC(=O)N[C@@H](Cc1ccccc1)C(=O)NC(=O)CN. The van der Waals surface area contributed by atoms with Crippen molar-refractivity contribution >= 4 is 29.7 Å². The molecule has 0 aliphatic heterocycles. The molecule has 1 rings (SSSR count). The minimum Gasteiger partial charge on any atom is -0.444 e. The third-order valence-corrected chi connectivity index (χ3v) is 3.62. The van der Waals surface area contributed by atoms with Crippen LogP contribution >= 0.6 is 0 Å². The lowest BCUT2D eigenvalue weighted by molar-refractivity contribution is -0.133. The second kappa shape index (κ2) is 12.3. The molecule has 0 heterocycles. The standard InChI is InChI=1S/C20H29N5O6/c1-20(2,3)31-19(30)23-11-16(27)22-12-17(28)24-14(18(29)25-15(26)10-21)9-13-7-5-4-6-8-13/h4-8,14H,9-12,21H2,1-3H3,(H,22,27)(H,23,30)(H,24,28)(H,25,26,29)/t14-/m0/s1. The van der Waals surface area contributed by atoms with Gasteiger partial charge in [0.1, 0.15) is 18.2 Å². The minimum atomic E-state index is -1.05. The van der Waals surface area contributed by atoms with Crippen LogP contribution in [0.15, 0.2) is 30.3 Å². The van der Waals surface area contributed by atoms with E-state index in [0.29, 0.717) is 0 Å². The Hall–Kier alpha value is -3.47. The van der Waals surface area contributed by atoms with Gasteiger partial charge < -0.3 is 26.4 Å². The van der Waals surface area contributed by atoms with E-state index in [1.807, 2.05) is 0 Å². The Bertz CT molecular complexity index is 791. The van der Waals surface area contributed by atoms with E-state index in [4.69, 9.17) is 10.5 Å². The summed E-state index contributed by atoms with van der Waals surface area (Å²) in [7, 11) is 0. The summed E-state index contributed by atoms with van der Waals surface area (Å²) < 4.78 is 5.00. The van der Waals surface area contributed by atoms with Crippen LogP contribution in [0.3, 0.4) is 0 Å². The molecule has 6 N–H and O–H groups in total. The van der Waals surface area contributed by atoms with Crippen molar-refractivity contribution in [3.63, 3.8) is 0 Å². The summed E-state index contributed by atoms with van der Waals surface area (Å²) in [4.78, 5) is 59.3. The summed E-state index contributed by atoms with van der Waals surface area (Å²) in [5.74, 6) is -2.67. The van der Waals surface area contributed by atoms with Gasteiger partial charge in [-0.05, 0) is 26.3 Å². The van der Waals surface area contributed by atoms with Crippen molar-refractivity contribution in [3.05, 3.63) is 35.9 Å². The van der Waals surface area contributed by atoms with Crippen LogP contribution in [0.5, 0.6) is 0 Å². The van der Waals surface area contributed by atoms with Crippen molar-refractivity contribution in [2.24, 2.45) is 5.73 Å². The smallest absolute Gasteiger partial charge is 0.408 e. The average molecular weight is 435 g/mol. The molecule has 5 amide bonds. The van der Waals surface area contributed by atoms with Crippen LogP contribution in [0.25, 0.3) is 0 Å². The molecule has 170 valence electrons. The highest BCUT2D eigenvalue weighted by Crippen LogP contribution is 2.06. The maximum atomic E-state index is 12.3. The van der Waals surface area contributed by atoms with Gasteiger partial charge in [0.15, 0.2) is 0 Å². The van der Waals surface area contributed by atoms with E-state index in [2.05, 4.69) is 21.3 Å². The van der Waals surface area contributed by atoms with E-state index in [9.17, 15) is 24.0 Å². The molecule has 0 fully saturated rings. The van der Waals surface area contributed by atoms with Gasteiger partial charge in [0.2, 0.25) is 23.6 Å². The van der Waals surface area contributed by atoms with Crippen molar-refractivity contribution in [2.45, 2.75) is 38.8 Å². The van der Waals surface area contributed by atoms with Crippen LogP contribution in [0, 0.1) is 0 Å². The number of nitrogens with two attached hydrogens (primary N) is 1. The molecule has 0 saturated heterocycles. The number of hydrogen-bond acceptors (Lipinski definition) is 7. The molecule has 0 aromatic heterocycles. The lowest BCUT2D eigenvalue weighted by Crippen LogP contribution is -2.52. The third kappa shape index (κ3) is 11.3. The molecular weight excluding hydrogens is 406 g/mol. The van der Waals surface area contributed by atoms with Crippen LogP contribution in [0.1, 0.15) is 26.3 Å². The zero-order valence-corrected chi connectivity index (χ0v) is 17.8. The number of carbonyl (C=O) groups is 5. The summed E-state index contributed by atoms with van der Waals surface area (Å²) in [6.45, 7) is 3.85. The number of imide groups is 1. The number of ether oxygens (including phenoxy) is 1. The van der Waals surface area contributed by atoms with E-state index < -0.39 is 47.9 Å². The van der Waals surface area contributed by atoms with Gasteiger partial charge in [0, 0.05) is 6.42 Å². The Labute approximate surface area is 180 Å². The third-order valence-electron chi connectivity index (χ3n) is 3.62. The summed E-state index contributed by atoms with van der Waals surface area (Å²) >= 11 is 0. The molecule has 31 heavy (non-hydrogen) atoms. The number of rotatable bonds is 9. The molecule has 0 saturated carbocycles. The number of benzene rings is 1. The molecule has 0 aliphatic carbocycles. The van der Waals surface area contributed by atoms with E-state index >= 15 is 0 Å². The van der Waals surface area contributed by atoms with Crippen LogP contribution in [-0.2, 0) is 30.3 Å². The lowest BCUT2D eigenvalue weighted by atomic mass is 10.1. The molecular formula is C20H29N5O6. The fraction of sp³-hybridized carbons (Fsp3) is 0.450. The predicted molar refractivity (Wildman–Crippen MR) is 112 cm³/mol. The highest BCUT2D eigenvalue weighted by Gasteiger charge is 2.23. The van der Waals surface area contributed by atoms with Crippen LogP contribution in [-0.4, -0.2) is 61.0 Å². The van der Waals surface area contributed by atoms with E-state index in [1.54, 1.807) is 51.1 Å². The summed E-state index contributed by atoms with van der Waals surface area (Å²) in [6, 6.07) is 7.82. The number of carbonyl (C=O) groups excluding carboxylic acids is 5. The molecule has 0 aliphatic rings. The molecule has 0 radical (unpaired) electrons. The highest BCUT2D eigenvalue weighted by atomic mass is 16.6. The second-order valence-corrected chi connectivity index (χ2v) is 7.56. The molecule has 11 nitrogen and oxygen atoms in total. The number of amides is 5. The van der Waals surface area contributed by atoms with Gasteiger partial charge in [-0.25, -0.2) is 4.79 Å². The van der Waals surface area contributed by atoms with Gasteiger partial charge in [-0.3, -0.25) is 24.5 Å². The molecule has 1 atom stereocenters. The first-order valence-electron chi connectivity index (χ1n) is 9.60. The van der Waals surface area contributed by atoms with Crippen molar-refractivity contribution < 1.29 is 28.7 Å². The Balaban J connectivity index is 2.57. The van der Waals surface area contributed by atoms with Crippen LogP contribution in [0.4, 0.5) is 4.79 Å². The Morgan fingerprint density at radius 2 is 1.55 bits per heavy atom. The Morgan fingerprint density at radius 3 is 2.13 bits per heavy atom.